The molecular weight excluding hydrogens is 395 g/mol. The van der Waals surface area contributed by atoms with Gasteiger partial charge in [0.15, 0.2) is 17.5 Å². The summed E-state index contributed by atoms with van der Waals surface area (Å²) in [5.74, 6) is -0.0130. The quantitative estimate of drug-likeness (QED) is 0.478. The van der Waals surface area contributed by atoms with Crippen molar-refractivity contribution in [1.82, 2.24) is 25.1 Å². The molecule has 4 aromatic rings. The van der Waals surface area contributed by atoms with Crippen LogP contribution in [0.2, 0.25) is 0 Å². The van der Waals surface area contributed by atoms with E-state index in [0.29, 0.717) is 24.6 Å². The summed E-state index contributed by atoms with van der Waals surface area (Å²) in [4.78, 5) is 21.3. The number of rotatable bonds is 5. The van der Waals surface area contributed by atoms with E-state index in [0.717, 1.165) is 39.9 Å². The molecule has 8 heteroatoms. The van der Waals surface area contributed by atoms with Crippen LogP contribution >= 0.6 is 0 Å². The van der Waals surface area contributed by atoms with Gasteiger partial charge in [0, 0.05) is 35.6 Å². The van der Waals surface area contributed by atoms with E-state index in [-0.39, 0.29) is 5.82 Å². The van der Waals surface area contributed by atoms with Gasteiger partial charge in [0.25, 0.3) is 0 Å². The van der Waals surface area contributed by atoms with Crippen LogP contribution in [0, 0.1) is 12.7 Å². The lowest BCUT2D eigenvalue weighted by Gasteiger charge is -2.10. The maximum atomic E-state index is 14.4. The monoisotopic (exact) mass is 414 g/mol. The number of anilines is 2. The van der Waals surface area contributed by atoms with Crippen LogP contribution in [0.3, 0.4) is 0 Å². The molecule has 0 saturated carbocycles. The highest BCUT2D eigenvalue weighted by Crippen LogP contribution is 2.28. The van der Waals surface area contributed by atoms with Gasteiger partial charge in [-0.15, -0.1) is 0 Å². The number of fused-ring (bicyclic) bond motifs is 1. The van der Waals surface area contributed by atoms with Gasteiger partial charge in [-0.2, -0.15) is 5.10 Å². The normalized spacial score (nSPS) is 12.6. The third-order valence-corrected chi connectivity index (χ3v) is 5.39. The van der Waals surface area contributed by atoms with Crippen LogP contribution in [0.1, 0.15) is 16.8 Å². The van der Waals surface area contributed by atoms with Gasteiger partial charge in [-0.1, -0.05) is 24.3 Å². The fourth-order valence-electron chi connectivity index (χ4n) is 3.74. The van der Waals surface area contributed by atoms with Gasteiger partial charge in [-0.3, -0.25) is 9.89 Å². The van der Waals surface area contributed by atoms with E-state index in [9.17, 15) is 9.18 Å². The van der Waals surface area contributed by atoms with E-state index in [4.69, 9.17) is 0 Å². The number of hydrogen-bond acceptors (Lipinski definition) is 5. The Balaban J connectivity index is 1.40. The molecule has 7 nitrogen and oxygen atoms in total. The maximum absolute atomic E-state index is 14.4. The average molecular weight is 414 g/mol. The molecule has 0 saturated heterocycles. The Morgan fingerprint density at radius 3 is 2.58 bits per heavy atom. The molecule has 1 aliphatic heterocycles. The zero-order valence-electron chi connectivity index (χ0n) is 16.8. The molecule has 154 valence electrons. The SMILES string of the molecule is Cc1[nH]ncc1-c1ccc(Nc2nc(-c3ccc4c(c3)CN(C=O)C4)ncc2F)cc1. The summed E-state index contributed by atoms with van der Waals surface area (Å²) in [6, 6.07) is 13.4. The Bertz CT molecular complexity index is 1270. The molecule has 0 radical (unpaired) electrons. The van der Waals surface area contributed by atoms with E-state index in [1.54, 1.807) is 11.1 Å². The summed E-state index contributed by atoms with van der Waals surface area (Å²) in [7, 11) is 0. The first-order valence-corrected chi connectivity index (χ1v) is 9.82. The molecule has 0 unspecified atom stereocenters. The number of carbonyl (C=O) groups is 1. The smallest absolute Gasteiger partial charge is 0.210 e. The van der Waals surface area contributed by atoms with Crippen LogP contribution in [0.15, 0.2) is 54.9 Å². The predicted octanol–water partition coefficient (Wildman–Crippen LogP) is 4.20. The Morgan fingerprint density at radius 2 is 1.84 bits per heavy atom. The Labute approximate surface area is 178 Å². The first-order valence-electron chi connectivity index (χ1n) is 9.82. The van der Waals surface area contributed by atoms with Crippen LogP contribution in [-0.2, 0) is 17.9 Å². The number of H-pyrrole nitrogens is 1. The minimum atomic E-state index is -0.535. The number of aryl methyl sites for hydroxylation is 1. The largest absolute Gasteiger partial charge is 0.338 e. The number of hydrogen-bond donors (Lipinski definition) is 2. The first kappa shape index (κ1) is 18.9. The van der Waals surface area contributed by atoms with Gasteiger partial charge in [0.2, 0.25) is 6.41 Å². The fraction of sp³-hybridized carbons (Fsp3) is 0.130. The molecule has 5 rings (SSSR count). The fourth-order valence-corrected chi connectivity index (χ4v) is 3.74. The van der Waals surface area contributed by atoms with Gasteiger partial charge >= 0.3 is 0 Å². The lowest BCUT2D eigenvalue weighted by Crippen LogP contribution is -2.12. The van der Waals surface area contributed by atoms with Gasteiger partial charge in [0.1, 0.15) is 0 Å². The number of amides is 1. The molecule has 1 amide bonds. The topological polar surface area (TPSA) is 86.8 Å². The van der Waals surface area contributed by atoms with Crippen LogP contribution in [0.4, 0.5) is 15.9 Å². The van der Waals surface area contributed by atoms with Crippen molar-refractivity contribution in [2.75, 3.05) is 5.32 Å². The number of nitrogens with one attached hydrogen (secondary N) is 2. The predicted molar refractivity (Wildman–Crippen MR) is 115 cm³/mol. The minimum absolute atomic E-state index is 0.104. The van der Waals surface area contributed by atoms with Crippen molar-refractivity contribution in [2.45, 2.75) is 20.0 Å². The lowest BCUT2D eigenvalue weighted by atomic mass is 10.1. The second-order valence-corrected chi connectivity index (χ2v) is 7.50. The number of nitrogens with zero attached hydrogens (tertiary/aromatic N) is 4. The van der Waals surface area contributed by atoms with Crippen molar-refractivity contribution in [3.63, 3.8) is 0 Å². The Morgan fingerprint density at radius 1 is 1.06 bits per heavy atom. The maximum Gasteiger partial charge on any atom is 0.210 e. The first-order chi connectivity index (χ1) is 15.1. The van der Waals surface area contributed by atoms with Gasteiger partial charge in [0.05, 0.1) is 12.4 Å². The summed E-state index contributed by atoms with van der Waals surface area (Å²) >= 11 is 0. The van der Waals surface area contributed by atoms with Gasteiger partial charge in [-0.05, 0) is 41.8 Å². The average Bonchev–Trinajstić information content (AvgIpc) is 3.41. The molecule has 0 atom stereocenters. The number of aromatic amines is 1. The summed E-state index contributed by atoms with van der Waals surface area (Å²) in [6.45, 7) is 3.12. The van der Waals surface area contributed by atoms with E-state index < -0.39 is 5.82 Å². The zero-order chi connectivity index (χ0) is 21.4. The summed E-state index contributed by atoms with van der Waals surface area (Å²) < 4.78 is 14.4. The second kappa shape index (κ2) is 7.64. The van der Waals surface area contributed by atoms with Gasteiger partial charge < -0.3 is 10.2 Å². The molecular formula is C23H19FN6O. The van der Waals surface area contributed by atoms with Crippen molar-refractivity contribution in [1.29, 1.82) is 0 Å². The molecule has 1 aliphatic rings. The summed E-state index contributed by atoms with van der Waals surface area (Å²) in [6.07, 6.45) is 3.78. The molecule has 0 spiro atoms. The molecule has 2 aromatic heterocycles. The number of carbonyl (C=O) groups excluding carboxylic acids is 1. The Hall–Kier alpha value is -4.07. The molecule has 0 aliphatic carbocycles. The van der Waals surface area contributed by atoms with Crippen LogP contribution in [0.5, 0.6) is 0 Å². The van der Waals surface area contributed by atoms with E-state index in [1.807, 2.05) is 49.4 Å². The highest BCUT2D eigenvalue weighted by Gasteiger charge is 2.19. The van der Waals surface area contributed by atoms with Crippen molar-refractivity contribution in [3.05, 3.63) is 77.5 Å². The standard InChI is InChI=1S/C23H19FN6O/c1-14-20(9-26-29-14)15-4-6-19(7-5-15)27-23-21(24)10-25-22(28-23)16-2-3-17-11-30(13-31)12-18(17)8-16/h2-10,13H,11-12H2,1H3,(H,26,29)(H,25,27,28). The third-order valence-electron chi connectivity index (χ3n) is 5.39. The molecule has 0 bridgehead atoms. The van der Waals surface area contributed by atoms with Crippen LogP contribution < -0.4 is 5.32 Å². The van der Waals surface area contributed by atoms with Crippen molar-refractivity contribution in [2.24, 2.45) is 0 Å². The third kappa shape index (κ3) is 3.63. The van der Waals surface area contributed by atoms with E-state index in [1.165, 1.54) is 6.20 Å². The van der Waals surface area contributed by atoms with Gasteiger partial charge in [-0.25, -0.2) is 14.4 Å². The lowest BCUT2D eigenvalue weighted by molar-refractivity contribution is -0.118. The van der Waals surface area contributed by atoms with E-state index >= 15 is 0 Å². The van der Waals surface area contributed by atoms with E-state index in [2.05, 4.69) is 25.5 Å². The highest BCUT2D eigenvalue weighted by molar-refractivity contribution is 5.69. The van der Waals surface area contributed by atoms with Crippen molar-refractivity contribution >= 4 is 17.9 Å². The van der Waals surface area contributed by atoms with Crippen molar-refractivity contribution in [3.8, 4) is 22.5 Å². The summed E-state index contributed by atoms with van der Waals surface area (Å²) in [5.41, 5.74) is 6.67. The molecule has 31 heavy (non-hydrogen) atoms. The molecule has 2 N–H and O–H groups in total. The molecule has 0 fully saturated rings. The summed E-state index contributed by atoms with van der Waals surface area (Å²) in [5, 5.41) is 10.00. The van der Waals surface area contributed by atoms with Crippen molar-refractivity contribution < 1.29 is 9.18 Å². The minimum Gasteiger partial charge on any atom is -0.338 e. The zero-order valence-corrected chi connectivity index (χ0v) is 16.8. The highest BCUT2D eigenvalue weighted by atomic mass is 19.1. The molecule has 2 aromatic carbocycles. The van der Waals surface area contributed by atoms with Crippen LogP contribution in [-0.4, -0.2) is 31.5 Å². The molecule has 3 heterocycles. The van der Waals surface area contributed by atoms with Crippen LogP contribution in [0.25, 0.3) is 22.5 Å². The number of halogens is 1. The number of aromatic nitrogens is 4. The Kier molecular flexibility index (Phi) is 4.66. The second-order valence-electron chi connectivity index (χ2n) is 7.50. The number of benzene rings is 2.